The van der Waals surface area contributed by atoms with E-state index in [9.17, 15) is 24.3 Å². The molecular weight excluding hydrogens is 743 g/mol. The van der Waals surface area contributed by atoms with Crippen molar-refractivity contribution in [2.24, 2.45) is 5.92 Å². The summed E-state index contributed by atoms with van der Waals surface area (Å²) in [5.41, 5.74) is 6.11. The van der Waals surface area contributed by atoms with Gasteiger partial charge in [0.05, 0.1) is 17.5 Å². The average molecular weight is 788 g/mol. The quantitative estimate of drug-likeness (QED) is 0.195. The Morgan fingerprint density at radius 3 is 2.53 bits per heavy atom. The van der Waals surface area contributed by atoms with Crippen molar-refractivity contribution in [2.45, 2.75) is 50.8 Å². The smallest absolute Gasteiger partial charge is 0.298 e. The van der Waals surface area contributed by atoms with Crippen molar-refractivity contribution in [3.8, 4) is 0 Å². The molecule has 300 valence electrons. The van der Waals surface area contributed by atoms with Crippen molar-refractivity contribution in [1.82, 2.24) is 34.7 Å². The minimum Gasteiger partial charge on any atom is -0.423 e. The zero-order valence-electron chi connectivity index (χ0n) is 32.0. The molecule has 10 rings (SSSR count). The van der Waals surface area contributed by atoms with Gasteiger partial charge >= 0.3 is 0 Å². The largest absolute Gasteiger partial charge is 0.423 e. The number of carbonyl (C=O) groups is 4. The van der Waals surface area contributed by atoms with Crippen LogP contribution in [0.15, 0.2) is 59.3 Å². The first-order valence-electron chi connectivity index (χ1n) is 20.2. The van der Waals surface area contributed by atoms with E-state index in [2.05, 4.69) is 46.4 Å². The van der Waals surface area contributed by atoms with Gasteiger partial charge in [-0.2, -0.15) is 10.1 Å². The Morgan fingerprint density at radius 2 is 1.74 bits per heavy atom. The topological polar surface area (TPSA) is 185 Å². The van der Waals surface area contributed by atoms with Crippen LogP contribution in [0.4, 0.5) is 23.1 Å². The molecule has 2 aromatic carbocycles. The van der Waals surface area contributed by atoms with Crippen LogP contribution in [-0.4, -0.2) is 129 Å². The second-order valence-corrected chi connectivity index (χ2v) is 16.1. The lowest BCUT2D eigenvalue weighted by atomic mass is 9.95. The number of anilines is 4. The minimum atomic E-state index is -0.610. The molecule has 4 amide bonds. The van der Waals surface area contributed by atoms with Crippen LogP contribution < -0.4 is 25.3 Å². The van der Waals surface area contributed by atoms with E-state index < -0.39 is 18.1 Å². The molecule has 2 atom stereocenters. The lowest BCUT2D eigenvalue weighted by Crippen LogP contribution is -2.52. The zero-order valence-corrected chi connectivity index (χ0v) is 32.0. The number of nitrogens with zero attached hydrogens (tertiary/aromatic N) is 9. The van der Waals surface area contributed by atoms with Crippen molar-refractivity contribution >= 4 is 63.5 Å². The van der Waals surface area contributed by atoms with Crippen LogP contribution >= 0.6 is 0 Å². The van der Waals surface area contributed by atoms with Crippen LogP contribution in [0.1, 0.15) is 58.5 Å². The van der Waals surface area contributed by atoms with Gasteiger partial charge in [0.15, 0.2) is 11.2 Å². The van der Waals surface area contributed by atoms with E-state index in [-0.39, 0.29) is 29.8 Å². The fourth-order valence-electron chi connectivity index (χ4n) is 9.13. The summed E-state index contributed by atoms with van der Waals surface area (Å²) in [6, 6.07) is 13.2. The first kappa shape index (κ1) is 36.3. The van der Waals surface area contributed by atoms with Crippen molar-refractivity contribution in [1.29, 1.82) is 0 Å². The highest BCUT2D eigenvalue weighted by molar-refractivity contribution is 6.07. The molecule has 17 nitrogen and oxygen atoms in total. The number of aromatic nitrogens is 4. The van der Waals surface area contributed by atoms with Gasteiger partial charge < -0.3 is 34.4 Å². The second kappa shape index (κ2) is 14.7. The predicted molar refractivity (Wildman–Crippen MR) is 214 cm³/mol. The number of hydrogen-bond acceptors (Lipinski definition) is 13. The number of fused-ring (bicyclic) bond motifs is 3. The van der Waals surface area contributed by atoms with Crippen LogP contribution in [0.5, 0.6) is 0 Å². The van der Waals surface area contributed by atoms with Gasteiger partial charge in [-0.05, 0) is 67.5 Å². The van der Waals surface area contributed by atoms with E-state index in [4.69, 9.17) is 9.40 Å². The number of piperazine rings is 1. The summed E-state index contributed by atoms with van der Waals surface area (Å²) in [6.07, 6.45) is 6.24. The number of nitrogens with one attached hydrogen (secondary N) is 2. The maximum atomic E-state index is 13.4. The number of oxazole rings is 1. The fourth-order valence-corrected chi connectivity index (χ4v) is 9.13. The van der Waals surface area contributed by atoms with Crippen LogP contribution in [0.3, 0.4) is 0 Å². The first-order valence-corrected chi connectivity index (χ1v) is 20.2. The SMILES string of the molecule is O=C1CCC(N2Cc3ccc(N4CCC(CN5CCN(c6nc7cc(N8CC[C@H](O)C8)c(NC(=O)c8ccc9nccn9n8)cc7o6)CC5)CC4)cc3C2=O)C(=O)N1. The Morgan fingerprint density at radius 1 is 0.914 bits per heavy atom. The summed E-state index contributed by atoms with van der Waals surface area (Å²) in [5.74, 6) is -0.610. The van der Waals surface area contributed by atoms with Gasteiger partial charge in [-0.3, -0.25) is 29.4 Å². The number of aliphatic hydroxyl groups is 1. The Kier molecular flexibility index (Phi) is 9.20. The summed E-state index contributed by atoms with van der Waals surface area (Å²) < 4.78 is 7.89. The first-order chi connectivity index (χ1) is 28.2. The van der Waals surface area contributed by atoms with Gasteiger partial charge in [-0.15, -0.1) is 0 Å². The molecular formula is C41H45N11O6. The molecule has 0 aliphatic carbocycles. The van der Waals surface area contributed by atoms with Crippen molar-refractivity contribution in [3.05, 3.63) is 71.7 Å². The summed E-state index contributed by atoms with van der Waals surface area (Å²) in [5, 5.41) is 20.1. The number of carbonyl (C=O) groups excluding carboxylic acids is 4. The van der Waals surface area contributed by atoms with E-state index >= 15 is 0 Å². The summed E-state index contributed by atoms with van der Waals surface area (Å²) in [4.78, 5) is 70.7. The van der Waals surface area contributed by atoms with Crippen molar-refractivity contribution in [2.75, 3.05) is 78.9 Å². The maximum absolute atomic E-state index is 13.4. The Hall–Kier alpha value is -6.07. The number of hydrogen-bond donors (Lipinski definition) is 3. The van der Waals surface area contributed by atoms with E-state index in [1.54, 1.807) is 33.9 Å². The van der Waals surface area contributed by atoms with Gasteiger partial charge in [0.2, 0.25) is 11.8 Å². The van der Waals surface area contributed by atoms with Crippen LogP contribution in [-0.2, 0) is 16.1 Å². The normalized spacial score (nSPS) is 22.1. The predicted octanol–water partition coefficient (Wildman–Crippen LogP) is 2.49. The molecule has 1 unspecified atom stereocenters. The minimum absolute atomic E-state index is 0.141. The highest BCUT2D eigenvalue weighted by atomic mass is 16.4. The molecule has 0 radical (unpaired) electrons. The average Bonchev–Trinajstić information content (AvgIpc) is 4.04. The third-order valence-electron chi connectivity index (χ3n) is 12.4. The molecule has 4 saturated heterocycles. The third-order valence-corrected chi connectivity index (χ3v) is 12.4. The number of piperidine rings is 2. The molecule has 5 aromatic rings. The van der Waals surface area contributed by atoms with Gasteiger partial charge in [0, 0.05) is 102 Å². The number of imide groups is 1. The molecule has 3 N–H and O–H groups in total. The summed E-state index contributed by atoms with van der Waals surface area (Å²) in [6.45, 7) is 7.69. The lowest BCUT2D eigenvalue weighted by Gasteiger charge is -2.39. The van der Waals surface area contributed by atoms with Gasteiger partial charge in [0.1, 0.15) is 17.3 Å². The van der Waals surface area contributed by atoms with E-state index in [0.717, 1.165) is 75.6 Å². The molecule has 3 aromatic heterocycles. The van der Waals surface area contributed by atoms with Crippen molar-refractivity contribution < 1.29 is 28.7 Å². The number of imidazole rings is 1. The van der Waals surface area contributed by atoms with Gasteiger partial charge in [-0.1, -0.05) is 6.07 Å². The number of rotatable bonds is 8. The number of aliphatic hydroxyl groups excluding tert-OH is 1. The number of β-amino-alcohol motifs (C(OH)–C–C–N with tert-alkyl or cyclic N) is 1. The molecule has 4 fully saturated rings. The molecule has 5 aliphatic rings. The van der Waals surface area contributed by atoms with Crippen LogP contribution in [0.2, 0.25) is 0 Å². The summed E-state index contributed by atoms with van der Waals surface area (Å²) >= 11 is 0. The molecule has 5 aliphatic heterocycles. The Bertz CT molecular complexity index is 2430. The number of amides is 4. The van der Waals surface area contributed by atoms with E-state index in [1.807, 2.05) is 24.3 Å². The third kappa shape index (κ3) is 6.87. The Balaban J connectivity index is 0.752. The van der Waals surface area contributed by atoms with E-state index in [1.165, 1.54) is 0 Å². The highest BCUT2D eigenvalue weighted by Gasteiger charge is 2.39. The Labute approximate surface area is 333 Å². The number of benzene rings is 2. The summed E-state index contributed by atoms with van der Waals surface area (Å²) in [7, 11) is 0. The van der Waals surface area contributed by atoms with Crippen molar-refractivity contribution in [3.63, 3.8) is 0 Å². The lowest BCUT2D eigenvalue weighted by molar-refractivity contribution is -0.136. The zero-order chi connectivity index (χ0) is 39.5. The monoisotopic (exact) mass is 787 g/mol. The fraction of sp³-hybridized carbons (Fsp3) is 0.439. The van der Waals surface area contributed by atoms with Gasteiger partial charge in [0.25, 0.3) is 17.8 Å². The van der Waals surface area contributed by atoms with Gasteiger partial charge in [-0.25, -0.2) is 9.50 Å². The standard InChI is InChI=1S/C41H45N11O6/c53-28-9-13-50(24-28)34-20-32-35(21-31(34)43-38(55)30-3-5-36-42-10-14-52(36)46-30)58-41(44-32)49-17-15-47(16-18-49)22-25-7-11-48(12-8-25)27-2-1-26-23-51(40(57)29(26)19-27)33-4-6-37(54)45-39(33)56/h1-3,5,10,14,19-21,25,28,33,53H,4,6-9,11-13,15-18,22-24H2,(H,43,55)(H,45,54,56)/t28-,33?/m0/s1. The van der Waals surface area contributed by atoms with Crippen LogP contribution in [0.25, 0.3) is 16.7 Å². The highest BCUT2D eigenvalue weighted by Crippen LogP contribution is 2.36. The molecule has 8 heterocycles. The molecule has 0 spiro atoms. The van der Waals surface area contributed by atoms with E-state index in [0.29, 0.717) is 72.4 Å². The second-order valence-electron chi connectivity index (χ2n) is 16.1. The molecule has 58 heavy (non-hydrogen) atoms. The molecule has 0 saturated carbocycles. The molecule has 17 heteroatoms. The molecule has 0 bridgehead atoms. The maximum Gasteiger partial charge on any atom is 0.298 e. The van der Waals surface area contributed by atoms with Crippen LogP contribution in [0, 0.1) is 5.92 Å².